The Hall–Kier alpha value is -3.04. The number of aromatic nitrogens is 2. The van der Waals surface area contributed by atoms with Crippen LogP contribution in [0.15, 0.2) is 23.0 Å². The number of carbonyl (C=O) groups excluding carboxylic acids is 2. The first-order valence-electron chi connectivity index (χ1n) is 10.8. The maximum absolute atomic E-state index is 13.2. The number of morpholine rings is 1. The molecule has 0 radical (unpaired) electrons. The zero-order chi connectivity index (χ0) is 22.4. The minimum atomic E-state index is -0.297. The van der Waals surface area contributed by atoms with Gasteiger partial charge in [-0.05, 0) is 43.5 Å². The molecule has 1 aromatic carbocycles. The van der Waals surface area contributed by atoms with E-state index in [4.69, 9.17) is 4.74 Å². The average molecular weight is 453 g/mol. The predicted octanol–water partition coefficient (Wildman–Crippen LogP) is 2.75. The van der Waals surface area contributed by atoms with Crippen molar-refractivity contribution < 1.29 is 14.3 Å². The SMILES string of the molecule is Cc1c(NC(=O)c2sc3nc4n(c(=O)c3c2C)CCC4)cccc1C(=O)N1CCOCC1. The summed E-state index contributed by atoms with van der Waals surface area (Å²) in [7, 11) is 0. The molecule has 4 heterocycles. The Kier molecular flexibility index (Phi) is 5.30. The largest absolute Gasteiger partial charge is 0.378 e. The summed E-state index contributed by atoms with van der Waals surface area (Å²) in [5.74, 6) is 0.432. The third kappa shape index (κ3) is 3.41. The number of hydrogen-bond donors (Lipinski definition) is 1. The summed E-state index contributed by atoms with van der Waals surface area (Å²) < 4.78 is 7.05. The lowest BCUT2D eigenvalue weighted by Gasteiger charge is -2.27. The molecule has 0 saturated carbocycles. The Morgan fingerprint density at radius 3 is 2.69 bits per heavy atom. The van der Waals surface area contributed by atoms with Crippen LogP contribution in [0.1, 0.15) is 43.4 Å². The van der Waals surface area contributed by atoms with Crippen LogP contribution in [0.4, 0.5) is 5.69 Å². The lowest BCUT2D eigenvalue weighted by molar-refractivity contribution is 0.0302. The first-order chi connectivity index (χ1) is 15.5. The molecule has 0 spiro atoms. The fourth-order valence-corrected chi connectivity index (χ4v) is 5.50. The van der Waals surface area contributed by atoms with E-state index in [1.807, 2.05) is 6.92 Å². The molecule has 9 heteroatoms. The number of ether oxygens (including phenoxy) is 1. The van der Waals surface area contributed by atoms with Gasteiger partial charge in [0.25, 0.3) is 17.4 Å². The molecule has 0 atom stereocenters. The van der Waals surface area contributed by atoms with Crippen molar-refractivity contribution in [3.8, 4) is 0 Å². The van der Waals surface area contributed by atoms with Crippen molar-refractivity contribution in [1.29, 1.82) is 0 Å². The molecule has 0 aliphatic carbocycles. The lowest BCUT2D eigenvalue weighted by Crippen LogP contribution is -2.41. The fraction of sp³-hybridized carbons (Fsp3) is 0.391. The van der Waals surface area contributed by atoms with Crippen molar-refractivity contribution in [2.75, 3.05) is 31.6 Å². The highest BCUT2D eigenvalue weighted by molar-refractivity contribution is 7.20. The zero-order valence-corrected chi connectivity index (χ0v) is 18.9. The number of aryl methyl sites for hydroxylation is 2. The summed E-state index contributed by atoms with van der Waals surface area (Å²) in [6.07, 6.45) is 1.71. The maximum atomic E-state index is 13.2. The molecule has 1 saturated heterocycles. The summed E-state index contributed by atoms with van der Waals surface area (Å²) in [4.78, 5) is 46.5. The minimum Gasteiger partial charge on any atom is -0.378 e. The molecule has 32 heavy (non-hydrogen) atoms. The Morgan fingerprint density at radius 2 is 1.91 bits per heavy atom. The summed E-state index contributed by atoms with van der Waals surface area (Å²) in [5.41, 5.74) is 2.45. The van der Waals surface area contributed by atoms with Gasteiger partial charge in [0.2, 0.25) is 0 Å². The van der Waals surface area contributed by atoms with E-state index in [0.29, 0.717) is 70.3 Å². The minimum absolute atomic E-state index is 0.0633. The van der Waals surface area contributed by atoms with E-state index in [1.165, 1.54) is 11.3 Å². The third-order valence-corrected chi connectivity index (χ3v) is 7.41. The van der Waals surface area contributed by atoms with Gasteiger partial charge in [0, 0.05) is 37.3 Å². The van der Waals surface area contributed by atoms with E-state index in [2.05, 4.69) is 10.3 Å². The topological polar surface area (TPSA) is 93.5 Å². The molecule has 0 bridgehead atoms. The summed E-state index contributed by atoms with van der Waals surface area (Å²) in [6, 6.07) is 5.33. The van der Waals surface area contributed by atoms with E-state index in [1.54, 1.807) is 34.6 Å². The normalized spacial score (nSPS) is 15.8. The van der Waals surface area contributed by atoms with Gasteiger partial charge in [0.15, 0.2) is 0 Å². The second-order valence-corrected chi connectivity index (χ2v) is 9.16. The predicted molar refractivity (Wildman–Crippen MR) is 123 cm³/mol. The number of anilines is 1. The molecule has 2 amide bonds. The third-order valence-electron chi connectivity index (χ3n) is 6.23. The monoisotopic (exact) mass is 452 g/mol. The molecule has 2 aliphatic rings. The fourth-order valence-electron chi connectivity index (χ4n) is 4.41. The molecule has 2 aliphatic heterocycles. The van der Waals surface area contributed by atoms with Crippen LogP contribution in [0, 0.1) is 13.8 Å². The Morgan fingerprint density at radius 1 is 1.12 bits per heavy atom. The van der Waals surface area contributed by atoms with Gasteiger partial charge in [-0.1, -0.05) is 6.07 Å². The van der Waals surface area contributed by atoms with Crippen molar-refractivity contribution in [2.45, 2.75) is 33.2 Å². The zero-order valence-electron chi connectivity index (χ0n) is 18.1. The molecular weight excluding hydrogens is 428 g/mol. The number of fused-ring (bicyclic) bond motifs is 2. The molecule has 1 N–H and O–H groups in total. The van der Waals surface area contributed by atoms with Gasteiger partial charge in [-0.3, -0.25) is 19.0 Å². The molecule has 5 rings (SSSR count). The van der Waals surface area contributed by atoms with Crippen LogP contribution in [0.5, 0.6) is 0 Å². The molecule has 1 fully saturated rings. The number of hydrogen-bond acceptors (Lipinski definition) is 6. The number of carbonyl (C=O) groups is 2. The van der Waals surface area contributed by atoms with Crippen molar-refractivity contribution >= 4 is 39.1 Å². The van der Waals surface area contributed by atoms with E-state index >= 15 is 0 Å². The maximum Gasteiger partial charge on any atom is 0.266 e. The van der Waals surface area contributed by atoms with Crippen molar-refractivity contribution in [2.24, 2.45) is 0 Å². The van der Waals surface area contributed by atoms with Gasteiger partial charge >= 0.3 is 0 Å². The lowest BCUT2D eigenvalue weighted by atomic mass is 10.0. The van der Waals surface area contributed by atoms with Crippen LogP contribution in [-0.4, -0.2) is 52.6 Å². The van der Waals surface area contributed by atoms with Crippen LogP contribution >= 0.6 is 11.3 Å². The van der Waals surface area contributed by atoms with Gasteiger partial charge in [-0.2, -0.15) is 0 Å². The number of nitrogens with one attached hydrogen (secondary N) is 1. The summed E-state index contributed by atoms with van der Waals surface area (Å²) in [5, 5.41) is 3.47. The number of amides is 2. The van der Waals surface area contributed by atoms with E-state index in [0.717, 1.165) is 18.7 Å². The highest BCUT2D eigenvalue weighted by Crippen LogP contribution is 2.30. The standard InChI is InChI=1S/C23H24N4O4S/c1-13-15(22(29)26-9-11-31-12-10-26)5-3-6-16(13)24-20(28)19-14(2)18-21(32-19)25-17-7-4-8-27(17)23(18)30/h3,5-6H,4,7-12H2,1-2H3,(H,24,28). The Balaban J connectivity index is 1.45. The van der Waals surface area contributed by atoms with Gasteiger partial charge < -0.3 is 15.0 Å². The van der Waals surface area contributed by atoms with Crippen LogP contribution in [0.25, 0.3) is 10.2 Å². The number of nitrogens with zero attached hydrogens (tertiary/aromatic N) is 3. The number of benzene rings is 1. The van der Waals surface area contributed by atoms with E-state index in [-0.39, 0.29) is 17.4 Å². The van der Waals surface area contributed by atoms with Gasteiger partial charge in [-0.15, -0.1) is 11.3 Å². The highest BCUT2D eigenvalue weighted by atomic mass is 32.1. The van der Waals surface area contributed by atoms with Gasteiger partial charge in [-0.25, -0.2) is 4.98 Å². The molecule has 8 nitrogen and oxygen atoms in total. The van der Waals surface area contributed by atoms with Crippen molar-refractivity contribution in [3.63, 3.8) is 0 Å². The Labute approximate surface area is 188 Å². The highest BCUT2D eigenvalue weighted by Gasteiger charge is 2.25. The number of rotatable bonds is 3. The van der Waals surface area contributed by atoms with Crippen LogP contribution in [0.2, 0.25) is 0 Å². The van der Waals surface area contributed by atoms with Gasteiger partial charge in [0.05, 0.1) is 23.5 Å². The quantitative estimate of drug-likeness (QED) is 0.660. The second kappa shape index (κ2) is 8.14. The Bertz CT molecular complexity index is 1300. The molecule has 166 valence electrons. The smallest absolute Gasteiger partial charge is 0.266 e. The van der Waals surface area contributed by atoms with E-state index < -0.39 is 0 Å². The van der Waals surface area contributed by atoms with E-state index in [9.17, 15) is 14.4 Å². The second-order valence-electron chi connectivity index (χ2n) is 8.16. The summed E-state index contributed by atoms with van der Waals surface area (Å²) >= 11 is 1.24. The first kappa shape index (κ1) is 20.8. The molecule has 2 aromatic heterocycles. The van der Waals surface area contributed by atoms with Crippen LogP contribution < -0.4 is 10.9 Å². The molecule has 0 unspecified atom stereocenters. The summed E-state index contributed by atoms with van der Waals surface area (Å²) in [6.45, 7) is 6.49. The van der Waals surface area contributed by atoms with Gasteiger partial charge in [0.1, 0.15) is 10.7 Å². The van der Waals surface area contributed by atoms with Crippen LogP contribution in [-0.2, 0) is 17.7 Å². The van der Waals surface area contributed by atoms with Crippen molar-refractivity contribution in [3.05, 3.63) is 55.9 Å². The molecular formula is C23H24N4O4S. The van der Waals surface area contributed by atoms with Crippen LogP contribution in [0.3, 0.4) is 0 Å². The average Bonchev–Trinajstić information content (AvgIpc) is 3.40. The first-order valence-corrected chi connectivity index (χ1v) is 11.6. The van der Waals surface area contributed by atoms with Crippen molar-refractivity contribution in [1.82, 2.24) is 14.5 Å². The number of thiophene rings is 1. The molecule has 3 aromatic rings.